The number of hydrogen-bond acceptors (Lipinski definition) is 1. The van der Waals surface area contributed by atoms with Crippen molar-refractivity contribution in [2.24, 2.45) is 4.99 Å². The highest BCUT2D eigenvalue weighted by atomic mass is 79.9. The van der Waals surface area contributed by atoms with Gasteiger partial charge in [-0.05, 0) is 81.3 Å². The summed E-state index contributed by atoms with van der Waals surface area (Å²) in [6.45, 7) is 8.47. The Kier molecular flexibility index (Phi) is 4.72. The number of aryl methyl sites for hydroxylation is 3. The lowest BCUT2D eigenvalue weighted by molar-refractivity contribution is 0.964. The minimum atomic E-state index is 1.00. The Bertz CT molecular complexity index is 882. The third-order valence-corrected chi connectivity index (χ3v) is 4.64. The smallest absolute Gasteiger partial charge is 0.0635 e. The molecule has 3 heteroatoms. The minimum Gasteiger partial charge on any atom is -0.318 e. The molecule has 2 nitrogen and oxygen atoms in total. The molecule has 24 heavy (non-hydrogen) atoms. The van der Waals surface area contributed by atoms with Crippen LogP contribution in [0.3, 0.4) is 0 Å². The van der Waals surface area contributed by atoms with Gasteiger partial charge >= 0.3 is 0 Å². The minimum absolute atomic E-state index is 1.00. The van der Waals surface area contributed by atoms with Gasteiger partial charge in [-0.25, -0.2) is 0 Å². The molecule has 0 aliphatic heterocycles. The zero-order valence-corrected chi connectivity index (χ0v) is 16.1. The van der Waals surface area contributed by atoms with Crippen LogP contribution in [0, 0.1) is 27.7 Å². The van der Waals surface area contributed by atoms with Gasteiger partial charge in [0.2, 0.25) is 0 Å². The van der Waals surface area contributed by atoms with Crippen LogP contribution in [0.1, 0.15) is 28.1 Å². The van der Waals surface area contributed by atoms with Crippen LogP contribution >= 0.6 is 15.9 Å². The van der Waals surface area contributed by atoms with Crippen molar-refractivity contribution in [2.45, 2.75) is 27.7 Å². The molecule has 0 N–H and O–H groups in total. The van der Waals surface area contributed by atoms with Gasteiger partial charge in [0.15, 0.2) is 0 Å². The highest BCUT2D eigenvalue weighted by Gasteiger charge is 2.09. The van der Waals surface area contributed by atoms with Crippen molar-refractivity contribution >= 4 is 27.8 Å². The standard InChI is InChI=1S/C21H21BrN2/c1-14-9-15(2)11-20(10-14)23-13-18-12-16(3)24(17(18)4)21-7-5-19(22)6-8-21/h5-13H,1-4H3. The predicted molar refractivity (Wildman–Crippen MR) is 106 cm³/mol. The number of aromatic nitrogens is 1. The van der Waals surface area contributed by atoms with Crippen LogP contribution in [0.4, 0.5) is 5.69 Å². The highest BCUT2D eigenvalue weighted by molar-refractivity contribution is 9.10. The average Bonchev–Trinajstić information content (AvgIpc) is 2.80. The van der Waals surface area contributed by atoms with E-state index in [0.29, 0.717) is 0 Å². The molecule has 0 spiro atoms. The maximum absolute atomic E-state index is 4.68. The van der Waals surface area contributed by atoms with E-state index in [2.05, 4.69) is 102 Å². The molecule has 0 aliphatic carbocycles. The summed E-state index contributed by atoms with van der Waals surface area (Å²) in [5.41, 5.74) is 8.19. The summed E-state index contributed by atoms with van der Waals surface area (Å²) < 4.78 is 3.35. The van der Waals surface area contributed by atoms with Crippen molar-refractivity contribution in [2.75, 3.05) is 0 Å². The molecular formula is C21H21BrN2. The van der Waals surface area contributed by atoms with Crippen LogP contribution < -0.4 is 0 Å². The number of rotatable bonds is 3. The van der Waals surface area contributed by atoms with E-state index in [1.165, 1.54) is 28.2 Å². The normalized spacial score (nSPS) is 11.4. The highest BCUT2D eigenvalue weighted by Crippen LogP contribution is 2.23. The average molecular weight is 381 g/mol. The quantitative estimate of drug-likeness (QED) is 0.479. The van der Waals surface area contributed by atoms with Crippen LogP contribution in [0.25, 0.3) is 5.69 Å². The molecule has 0 bridgehead atoms. The molecule has 0 radical (unpaired) electrons. The first kappa shape index (κ1) is 16.7. The largest absolute Gasteiger partial charge is 0.318 e. The number of aliphatic imine (C=N–C) groups is 1. The molecule has 0 saturated heterocycles. The van der Waals surface area contributed by atoms with Crippen molar-refractivity contribution in [1.29, 1.82) is 0 Å². The number of nitrogens with zero attached hydrogens (tertiary/aromatic N) is 2. The van der Waals surface area contributed by atoms with Crippen molar-refractivity contribution in [3.8, 4) is 5.69 Å². The van der Waals surface area contributed by atoms with Gasteiger partial charge in [0, 0.05) is 33.3 Å². The summed E-state index contributed by atoms with van der Waals surface area (Å²) in [6, 6.07) is 16.9. The molecule has 0 amide bonds. The Balaban J connectivity index is 1.97. The molecule has 2 aromatic carbocycles. The van der Waals surface area contributed by atoms with Crippen LogP contribution in [-0.2, 0) is 0 Å². The van der Waals surface area contributed by atoms with Crippen LogP contribution in [0.5, 0.6) is 0 Å². The second-order valence-corrected chi connectivity index (χ2v) is 7.16. The van der Waals surface area contributed by atoms with Crippen molar-refractivity contribution in [3.63, 3.8) is 0 Å². The second kappa shape index (κ2) is 6.78. The lowest BCUT2D eigenvalue weighted by atomic mass is 10.1. The Morgan fingerprint density at radius 2 is 1.50 bits per heavy atom. The fourth-order valence-electron chi connectivity index (χ4n) is 3.08. The maximum Gasteiger partial charge on any atom is 0.0635 e. The Hall–Kier alpha value is -2.13. The molecule has 1 heterocycles. The molecule has 122 valence electrons. The molecule has 0 aliphatic rings. The first-order valence-corrected chi connectivity index (χ1v) is 8.80. The van der Waals surface area contributed by atoms with E-state index >= 15 is 0 Å². The van der Waals surface area contributed by atoms with E-state index in [1.54, 1.807) is 0 Å². The Morgan fingerprint density at radius 1 is 0.875 bits per heavy atom. The van der Waals surface area contributed by atoms with Gasteiger partial charge in [-0.3, -0.25) is 4.99 Å². The monoisotopic (exact) mass is 380 g/mol. The summed E-state index contributed by atoms with van der Waals surface area (Å²) in [6.07, 6.45) is 1.96. The van der Waals surface area contributed by atoms with E-state index in [1.807, 2.05) is 6.21 Å². The lowest BCUT2D eigenvalue weighted by Gasteiger charge is -2.09. The van der Waals surface area contributed by atoms with Gasteiger partial charge in [0.05, 0.1) is 5.69 Å². The Morgan fingerprint density at radius 3 is 2.12 bits per heavy atom. The van der Waals surface area contributed by atoms with E-state index in [0.717, 1.165) is 15.7 Å². The zero-order valence-electron chi connectivity index (χ0n) is 14.5. The molecule has 3 aromatic rings. The molecule has 0 atom stereocenters. The lowest BCUT2D eigenvalue weighted by Crippen LogP contribution is -1.99. The zero-order chi connectivity index (χ0) is 17.3. The summed E-state index contributed by atoms with van der Waals surface area (Å²) >= 11 is 3.49. The van der Waals surface area contributed by atoms with E-state index in [9.17, 15) is 0 Å². The van der Waals surface area contributed by atoms with Gasteiger partial charge in [-0.15, -0.1) is 0 Å². The van der Waals surface area contributed by atoms with Crippen molar-refractivity contribution in [3.05, 3.63) is 81.1 Å². The SMILES string of the molecule is Cc1cc(C)cc(N=Cc2cc(C)n(-c3ccc(Br)cc3)c2C)c1. The summed E-state index contributed by atoms with van der Waals surface area (Å²) in [5, 5.41) is 0. The van der Waals surface area contributed by atoms with Gasteiger partial charge in [-0.1, -0.05) is 22.0 Å². The number of halogens is 1. The fourth-order valence-corrected chi connectivity index (χ4v) is 3.34. The summed E-state index contributed by atoms with van der Waals surface area (Å²) in [4.78, 5) is 4.68. The van der Waals surface area contributed by atoms with Gasteiger partial charge in [0.1, 0.15) is 0 Å². The molecule has 0 unspecified atom stereocenters. The van der Waals surface area contributed by atoms with E-state index in [4.69, 9.17) is 0 Å². The first-order valence-electron chi connectivity index (χ1n) is 8.01. The van der Waals surface area contributed by atoms with Gasteiger partial charge < -0.3 is 4.57 Å². The molecule has 0 saturated carbocycles. The van der Waals surface area contributed by atoms with Crippen LogP contribution in [-0.4, -0.2) is 10.8 Å². The third kappa shape index (κ3) is 3.51. The summed E-state index contributed by atoms with van der Waals surface area (Å²) in [5.74, 6) is 0. The molecule has 0 fully saturated rings. The van der Waals surface area contributed by atoms with Gasteiger partial charge in [-0.2, -0.15) is 0 Å². The maximum atomic E-state index is 4.68. The van der Waals surface area contributed by atoms with E-state index in [-0.39, 0.29) is 0 Å². The van der Waals surface area contributed by atoms with Gasteiger partial charge in [0.25, 0.3) is 0 Å². The first-order chi connectivity index (χ1) is 11.4. The molecule has 1 aromatic heterocycles. The number of hydrogen-bond donors (Lipinski definition) is 0. The topological polar surface area (TPSA) is 17.3 Å². The third-order valence-electron chi connectivity index (χ3n) is 4.11. The van der Waals surface area contributed by atoms with Crippen molar-refractivity contribution < 1.29 is 0 Å². The molecule has 3 rings (SSSR count). The Labute approximate surface area is 152 Å². The fraction of sp³-hybridized carbons (Fsp3) is 0.190. The molecular weight excluding hydrogens is 360 g/mol. The van der Waals surface area contributed by atoms with Crippen LogP contribution in [0.2, 0.25) is 0 Å². The van der Waals surface area contributed by atoms with Crippen molar-refractivity contribution in [1.82, 2.24) is 4.57 Å². The summed E-state index contributed by atoms with van der Waals surface area (Å²) in [7, 11) is 0. The van der Waals surface area contributed by atoms with E-state index < -0.39 is 0 Å². The number of benzene rings is 2. The second-order valence-electron chi connectivity index (χ2n) is 6.24. The predicted octanol–water partition coefficient (Wildman–Crippen LogP) is 6.22. The van der Waals surface area contributed by atoms with Crippen LogP contribution in [0.15, 0.2) is 58.0 Å².